The standard InChI is InChI=1S/C14H11BrFNO3/c1-7-5-8(2)17-13(12(7)14(18)19)20-11-4-3-9(15)6-10(11)16/h3-6H,1-2H3,(H,18,19). The van der Waals surface area contributed by atoms with E-state index in [1.807, 2.05) is 0 Å². The van der Waals surface area contributed by atoms with Crippen molar-refractivity contribution in [2.75, 3.05) is 0 Å². The van der Waals surface area contributed by atoms with E-state index in [0.29, 0.717) is 15.7 Å². The first-order valence-corrected chi connectivity index (χ1v) is 6.52. The van der Waals surface area contributed by atoms with Crippen molar-refractivity contribution in [3.05, 3.63) is 51.4 Å². The normalized spacial score (nSPS) is 10.4. The van der Waals surface area contributed by atoms with Gasteiger partial charge in [-0.2, -0.15) is 0 Å². The van der Waals surface area contributed by atoms with Crippen molar-refractivity contribution >= 4 is 21.9 Å². The number of pyridine rings is 1. The summed E-state index contributed by atoms with van der Waals surface area (Å²) < 4.78 is 19.6. The van der Waals surface area contributed by atoms with Crippen LogP contribution in [0.1, 0.15) is 21.6 Å². The molecule has 1 aromatic heterocycles. The Morgan fingerprint density at radius 1 is 1.35 bits per heavy atom. The Hall–Kier alpha value is -1.95. The lowest BCUT2D eigenvalue weighted by molar-refractivity contribution is 0.0692. The van der Waals surface area contributed by atoms with Crippen LogP contribution in [0.4, 0.5) is 4.39 Å². The molecule has 104 valence electrons. The van der Waals surface area contributed by atoms with Gasteiger partial charge >= 0.3 is 5.97 Å². The summed E-state index contributed by atoms with van der Waals surface area (Å²) in [5.74, 6) is -1.95. The number of halogens is 2. The van der Waals surface area contributed by atoms with Gasteiger partial charge in [0.1, 0.15) is 5.56 Å². The molecule has 0 unspecified atom stereocenters. The lowest BCUT2D eigenvalue weighted by Crippen LogP contribution is -2.06. The maximum absolute atomic E-state index is 13.7. The van der Waals surface area contributed by atoms with Gasteiger partial charge in [0.15, 0.2) is 11.6 Å². The lowest BCUT2D eigenvalue weighted by Gasteiger charge is -2.11. The summed E-state index contributed by atoms with van der Waals surface area (Å²) in [6.45, 7) is 3.35. The number of carboxylic acid groups (broad SMARTS) is 1. The van der Waals surface area contributed by atoms with Crippen molar-refractivity contribution in [2.24, 2.45) is 0 Å². The monoisotopic (exact) mass is 339 g/mol. The largest absolute Gasteiger partial charge is 0.477 e. The minimum Gasteiger partial charge on any atom is -0.477 e. The second-order valence-corrected chi connectivity index (χ2v) is 5.16. The van der Waals surface area contributed by atoms with E-state index in [1.165, 1.54) is 12.1 Å². The van der Waals surface area contributed by atoms with Crippen LogP contribution in [0.5, 0.6) is 11.6 Å². The molecule has 0 radical (unpaired) electrons. The van der Waals surface area contributed by atoms with Gasteiger partial charge in [-0.3, -0.25) is 0 Å². The average molecular weight is 340 g/mol. The number of benzene rings is 1. The molecule has 0 bridgehead atoms. The van der Waals surface area contributed by atoms with Gasteiger partial charge in [0, 0.05) is 10.2 Å². The van der Waals surface area contributed by atoms with Crippen LogP contribution in [0.3, 0.4) is 0 Å². The van der Waals surface area contributed by atoms with Gasteiger partial charge < -0.3 is 9.84 Å². The fourth-order valence-corrected chi connectivity index (χ4v) is 2.13. The number of hydrogen-bond acceptors (Lipinski definition) is 3. The molecule has 0 aliphatic carbocycles. The van der Waals surface area contributed by atoms with Crippen LogP contribution in [0, 0.1) is 19.7 Å². The zero-order chi connectivity index (χ0) is 14.9. The van der Waals surface area contributed by atoms with E-state index in [0.717, 1.165) is 0 Å². The Labute approximate surface area is 123 Å². The number of aromatic nitrogens is 1. The minimum atomic E-state index is -1.16. The molecule has 1 aromatic carbocycles. The van der Waals surface area contributed by atoms with Crippen molar-refractivity contribution in [3.8, 4) is 11.6 Å². The van der Waals surface area contributed by atoms with Crippen molar-refractivity contribution in [1.29, 1.82) is 0 Å². The van der Waals surface area contributed by atoms with Gasteiger partial charge in [-0.25, -0.2) is 14.2 Å². The summed E-state index contributed by atoms with van der Waals surface area (Å²) >= 11 is 3.14. The van der Waals surface area contributed by atoms with Gasteiger partial charge in [0.25, 0.3) is 0 Å². The minimum absolute atomic E-state index is 0.0714. The molecule has 1 heterocycles. The number of ether oxygens (including phenoxy) is 1. The Kier molecular flexibility index (Phi) is 4.04. The smallest absolute Gasteiger partial charge is 0.341 e. The first-order chi connectivity index (χ1) is 9.38. The van der Waals surface area contributed by atoms with E-state index in [1.54, 1.807) is 26.0 Å². The number of aromatic carboxylic acids is 1. The van der Waals surface area contributed by atoms with E-state index < -0.39 is 11.8 Å². The van der Waals surface area contributed by atoms with Crippen LogP contribution in [-0.2, 0) is 0 Å². The lowest BCUT2D eigenvalue weighted by atomic mass is 10.1. The quantitative estimate of drug-likeness (QED) is 0.914. The van der Waals surface area contributed by atoms with Crippen molar-refractivity contribution in [3.63, 3.8) is 0 Å². The van der Waals surface area contributed by atoms with Gasteiger partial charge in [-0.05, 0) is 43.7 Å². The highest BCUT2D eigenvalue weighted by Gasteiger charge is 2.19. The molecule has 0 atom stereocenters. The topological polar surface area (TPSA) is 59.4 Å². The first kappa shape index (κ1) is 14.5. The molecule has 2 rings (SSSR count). The number of carbonyl (C=O) groups is 1. The van der Waals surface area contributed by atoms with Gasteiger partial charge in [0.2, 0.25) is 5.88 Å². The summed E-state index contributed by atoms with van der Waals surface area (Å²) in [6.07, 6.45) is 0. The van der Waals surface area contributed by atoms with Crippen LogP contribution in [0.2, 0.25) is 0 Å². The number of rotatable bonds is 3. The molecular formula is C14H11BrFNO3. The molecule has 0 saturated heterocycles. The van der Waals surface area contributed by atoms with E-state index in [2.05, 4.69) is 20.9 Å². The highest BCUT2D eigenvalue weighted by atomic mass is 79.9. The third-order valence-corrected chi connectivity index (χ3v) is 3.12. The fraction of sp³-hybridized carbons (Fsp3) is 0.143. The van der Waals surface area contributed by atoms with Crippen molar-refractivity contribution in [1.82, 2.24) is 4.98 Å². The summed E-state index contributed by atoms with van der Waals surface area (Å²) in [7, 11) is 0. The third kappa shape index (κ3) is 2.96. The highest BCUT2D eigenvalue weighted by molar-refractivity contribution is 9.10. The van der Waals surface area contributed by atoms with Crippen LogP contribution in [0.15, 0.2) is 28.7 Å². The van der Waals surface area contributed by atoms with Gasteiger partial charge in [-0.1, -0.05) is 15.9 Å². The molecule has 2 aromatic rings. The zero-order valence-corrected chi connectivity index (χ0v) is 12.4. The van der Waals surface area contributed by atoms with Crippen molar-refractivity contribution < 1.29 is 19.0 Å². The van der Waals surface area contributed by atoms with Gasteiger partial charge in [-0.15, -0.1) is 0 Å². The maximum Gasteiger partial charge on any atom is 0.341 e. The average Bonchev–Trinajstić information content (AvgIpc) is 2.31. The summed E-state index contributed by atoms with van der Waals surface area (Å²) in [5.41, 5.74) is 1.04. The first-order valence-electron chi connectivity index (χ1n) is 5.73. The van der Waals surface area contributed by atoms with Crippen molar-refractivity contribution in [2.45, 2.75) is 13.8 Å². The van der Waals surface area contributed by atoms with Crippen LogP contribution in [-0.4, -0.2) is 16.1 Å². The predicted octanol–water partition coefficient (Wildman–Crippen LogP) is 4.09. The van der Waals surface area contributed by atoms with E-state index in [4.69, 9.17) is 4.74 Å². The number of carboxylic acids is 1. The predicted molar refractivity (Wildman–Crippen MR) is 74.8 cm³/mol. The van der Waals surface area contributed by atoms with Gasteiger partial charge in [0.05, 0.1) is 0 Å². The molecule has 20 heavy (non-hydrogen) atoms. The number of nitrogens with zero attached hydrogens (tertiary/aromatic N) is 1. The molecule has 0 fully saturated rings. The van der Waals surface area contributed by atoms with E-state index in [-0.39, 0.29) is 17.2 Å². The number of aryl methyl sites for hydroxylation is 2. The van der Waals surface area contributed by atoms with E-state index >= 15 is 0 Å². The molecule has 0 aliphatic rings. The Bertz CT molecular complexity index is 688. The number of hydrogen-bond donors (Lipinski definition) is 1. The fourth-order valence-electron chi connectivity index (χ4n) is 1.80. The van der Waals surface area contributed by atoms with Crippen LogP contribution in [0.25, 0.3) is 0 Å². The Morgan fingerprint density at radius 3 is 2.65 bits per heavy atom. The van der Waals surface area contributed by atoms with E-state index in [9.17, 15) is 14.3 Å². The Morgan fingerprint density at radius 2 is 2.05 bits per heavy atom. The Balaban J connectivity index is 2.50. The summed E-state index contributed by atoms with van der Waals surface area (Å²) in [6, 6.07) is 5.87. The second-order valence-electron chi connectivity index (χ2n) is 4.24. The summed E-state index contributed by atoms with van der Waals surface area (Å²) in [4.78, 5) is 15.3. The molecular weight excluding hydrogens is 329 g/mol. The molecule has 0 spiro atoms. The van der Waals surface area contributed by atoms with Crippen LogP contribution < -0.4 is 4.74 Å². The molecule has 0 amide bonds. The molecule has 4 nitrogen and oxygen atoms in total. The highest BCUT2D eigenvalue weighted by Crippen LogP contribution is 2.29. The van der Waals surface area contributed by atoms with Crippen LogP contribution >= 0.6 is 15.9 Å². The SMILES string of the molecule is Cc1cc(C)c(C(=O)O)c(Oc2ccc(Br)cc2F)n1. The molecule has 0 saturated carbocycles. The molecule has 6 heteroatoms. The molecule has 1 N–H and O–H groups in total. The molecule has 0 aliphatic heterocycles. The zero-order valence-electron chi connectivity index (χ0n) is 10.8. The third-order valence-electron chi connectivity index (χ3n) is 2.63. The second kappa shape index (κ2) is 5.58. The maximum atomic E-state index is 13.7. The summed E-state index contributed by atoms with van der Waals surface area (Å²) in [5, 5.41) is 9.21.